The lowest BCUT2D eigenvalue weighted by Crippen LogP contribution is -2.11. The molecule has 0 aliphatic rings. The molecule has 2 aromatic carbocycles. The molecule has 0 saturated carbocycles. The highest BCUT2D eigenvalue weighted by Crippen LogP contribution is 2.34. The lowest BCUT2D eigenvalue weighted by Gasteiger charge is -2.11. The predicted octanol–water partition coefficient (Wildman–Crippen LogP) is 4.15. The van der Waals surface area contributed by atoms with Crippen LogP contribution in [0, 0.1) is 0 Å². The molecule has 0 radical (unpaired) electrons. The zero-order valence-corrected chi connectivity index (χ0v) is 11.5. The van der Waals surface area contributed by atoms with Crippen molar-refractivity contribution in [1.82, 2.24) is 0 Å². The third-order valence-electron chi connectivity index (χ3n) is 2.74. The minimum absolute atomic E-state index is 0.588. The van der Waals surface area contributed by atoms with E-state index < -0.39 is 26.5 Å². The Bertz CT molecular complexity index is 748. The number of hydrogen-bond acceptors (Lipinski definition) is 2. The fourth-order valence-corrected chi connectivity index (χ4v) is 3.00. The number of rotatable bonds is 3. The van der Waals surface area contributed by atoms with Crippen molar-refractivity contribution in [3.63, 3.8) is 0 Å². The molecule has 0 aliphatic carbocycles. The van der Waals surface area contributed by atoms with E-state index in [4.69, 9.17) is 0 Å². The summed E-state index contributed by atoms with van der Waals surface area (Å²) in [5.41, 5.74) is -0.576. The normalized spacial score (nSPS) is 12.7. The molecule has 2 nitrogen and oxygen atoms in total. The van der Waals surface area contributed by atoms with Gasteiger partial charge in [-0.05, 0) is 23.8 Å². The first-order valence-corrected chi connectivity index (χ1v) is 7.50. The van der Waals surface area contributed by atoms with Crippen LogP contribution in [0.1, 0.15) is 11.1 Å². The second-order valence-corrected chi connectivity index (χ2v) is 6.05. The van der Waals surface area contributed by atoms with Gasteiger partial charge in [0.2, 0.25) is 0 Å². The smallest absolute Gasteiger partial charge is 0.219 e. The van der Waals surface area contributed by atoms with Crippen molar-refractivity contribution in [3.8, 4) is 0 Å². The van der Waals surface area contributed by atoms with Crippen LogP contribution in [0.2, 0.25) is 0 Å². The number of sulfone groups is 1. The van der Waals surface area contributed by atoms with Crippen LogP contribution in [0.15, 0.2) is 64.9 Å². The van der Waals surface area contributed by atoms with E-state index in [0.717, 1.165) is 23.6 Å². The molecule has 6 heteroatoms. The Hall–Kier alpha value is -2.08. The molecule has 0 bridgehead atoms. The van der Waals surface area contributed by atoms with Crippen LogP contribution in [-0.4, -0.2) is 8.42 Å². The maximum Gasteiger partial charge on any atom is 0.417 e. The zero-order valence-electron chi connectivity index (χ0n) is 10.7. The topological polar surface area (TPSA) is 34.1 Å². The summed E-state index contributed by atoms with van der Waals surface area (Å²) in [6, 6.07) is 12.6. The lowest BCUT2D eigenvalue weighted by atomic mass is 10.2. The van der Waals surface area contributed by atoms with Crippen LogP contribution in [-0.2, 0) is 16.0 Å². The quantitative estimate of drug-likeness (QED) is 0.853. The van der Waals surface area contributed by atoms with Crippen molar-refractivity contribution in [3.05, 3.63) is 71.1 Å². The number of benzene rings is 2. The highest BCUT2D eigenvalue weighted by atomic mass is 32.2. The lowest BCUT2D eigenvalue weighted by molar-refractivity contribution is -0.139. The molecule has 0 amide bonds. The predicted molar refractivity (Wildman–Crippen MR) is 74.1 cm³/mol. The van der Waals surface area contributed by atoms with E-state index in [2.05, 4.69) is 0 Å². The molecule has 0 atom stereocenters. The van der Waals surface area contributed by atoms with Crippen LogP contribution < -0.4 is 0 Å². The first-order valence-electron chi connectivity index (χ1n) is 5.95. The summed E-state index contributed by atoms with van der Waals surface area (Å²) in [5, 5.41) is 0.785. The second-order valence-electron chi connectivity index (χ2n) is 4.25. The highest BCUT2D eigenvalue weighted by Gasteiger charge is 2.36. The Kier molecular flexibility index (Phi) is 4.18. The first-order chi connectivity index (χ1) is 9.81. The van der Waals surface area contributed by atoms with Crippen LogP contribution in [0.4, 0.5) is 13.2 Å². The molecular weight excluding hydrogens is 301 g/mol. The molecule has 0 fully saturated rings. The molecule has 0 unspecified atom stereocenters. The molecule has 21 heavy (non-hydrogen) atoms. The van der Waals surface area contributed by atoms with Crippen molar-refractivity contribution in [2.45, 2.75) is 11.1 Å². The molecule has 0 aromatic heterocycles. The molecule has 0 heterocycles. The van der Waals surface area contributed by atoms with E-state index in [1.165, 1.54) is 12.1 Å². The van der Waals surface area contributed by atoms with Gasteiger partial charge < -0.3 is 0 Å². The average molecular weight is 312 g/mol. The van der Waals surface area contributed by atoms with Crippen LogP contribution in [0.5, 0.6) is 0 Å². The van der Waals surface area contributed by atoms with Gasteiger partial charge in [0.1, 0.15) is 0 Å². The summed E-state index contributed by atoms with van der Waals surface area (Å²) in [5.74, 6) is 0. The van der Waals surface area contributed by atoms with Crippen LogP contribution in [0.3, 0.4) is 0 Å². The van der Waals surface area contributed by atoms with E-state index >= 15 is 0 Å². The first kappa shape index (κ1) is 15.3. The van der Waals surface area contributed by atoms with Crippen LogP contribution in [0.25, 0.3) is 6.08 Å². The molecular formula is C15H11F3O2S. The Balaban J connectivity index is 2.44. The van der Waals surface area contributed by atoms with E-state index in [1.807, 2.05) is 0 Å². The van der Waals surface area contributed by atoms with Crippen molar-refractivity contribution >= 4 is 15.9 Å². The SMILES string of the molecule is O=S(=O)(/C=C/c1ccccc1)c1ccccc1C(F)(F)F. The van der Waals surface area contributed by atoms with Gasteiger partial charge in [-0.2, -0.15) is 13.2 Å². The van der Waals surface area contributed by atoms with Crippen molar-refractivity contribution < 1.29 is 21.6 Å². The standard InChI is InChI=1S/C15H11F3O2S/c16-15(17,18)13-8-4-5-9-14(13)21(19,20)11-10-12-6-2-1-3-7-12/h1-11H/b11-10+. The summed E-state index contributed by atoms with van der Waals surface area (Å²) in [7, 11) is -4.17. The summed E-state index contributed by atoms with van der Waals surface area (Å²) in [4.78, 5) is -0.746. The monoisotopic (exact) mass is 312 g/mol. The van der Waals surface area contributed by atoms with Crippen molar-refractivity contribution in [1.29, 1.82) is 0 Å². The Morgan fingerprint density at radius 3 is 2.05 bits per heavy atom. The van der Waals surface area contributed by atoms with E-state index in [-0.39, 0.29) is 0 Å². The Labute approximate surface area is 120 Å². The molecule has 2 rings (SSSR count). The number of halogens is 3. The molecule has 2 aromatic rings. The van der Waals surface area contributed by atoms with Crippen LogP contribution >= 0.6 is 0 Å². The molecule has 0 spiro atoms. The minimum Gasteiger partial charge on any atom is -0.219 e. The van der Waals surface area contributed by atoms with Gasteiger partial charge >= 0.3 is 6.18 Å². The fraction of sp³-hybridized carbons (Fsp3) is 0.0667. The number of alkyl halides is 3. The van der Waals surface area contributed by atoms with Gasteiger partial charge in [0, 0.05) is 5.41 Å². The van der Waals surface area contributed by atoms with Crippen molar-refractivity contribution in [2.24, 2.45) is 0 Å². The Morgan fingerprint density at radius 1 is 0.857 bits per heavy atom. The summed E-state index contributed by atoms with van der Waals surface area (Å²) in [6.07, 6.45) is -3.45. The molecule has 110 valence electrons. The third kappa shape index (κ3) is 3.72. The van der Waals surface area contributed by atoms with Gasteiger partial charge in [0.05, 0.1) is 10.5 Å². The van der Waals surface area contributed by atoms with Gasteiger partial charge in [-0.1, -0.05) is 42.5 Å². The maximum atomic E-state index is 12.9. The van der Waals surface area contributed by atoms with Gasteiger partial charge in [-0.15, -0.1) is 0 Å². The fourth-order valence-electron chi connectivity index (χ4n) is 1.75. The van der Waals surface area contributed by atoms with Gasteiger partial charge in [0.15, 0.2) is 9.84 Å². The zero-order chi connectivity index (χ0) is 15.5. The minimum atomic E-state index is -4.72. The third-order valence-corrected chi connectivity index (χ3v) is 4.20. The molecule has 0 saturated heterocycles. The largest absolute Gasteiger partial charge is 0.417 e. The summed E-state index contributed by atoms with van der Waals surface area (Å²) >= 11 is 0. The highest BCUT2D eigenvalue weighted by molar-refractivity contribution is 7.94. The van der Waals surface area contributed by atoms with E-state index in [0.29, 0.717) is 5.56 Å². The second kappa shape index (κ2) is 5.73. The Morgan fingerprint density at radius 2 is 1.43 bits per heavy atom. The van der Waals surface area contributed by atoms with Gasteiger partial charge in [0.25, 0.3) is 0 Å². The summed E-state index contributed by atoms with van der Waals surface area (Å²) in [6.45, 7) is 0. The van der Waals surface area contributed by atoms with Gasteiger partial charge in [-0.3, -0.25) is 0 Å². The molecule has 0 aliphatic heterocycles. The maximum absolute atomic E-state index is 12.9. The van der Waals surface area contributed by atoms with Gasteiger partial charge in [-0.25, -0.2) is 8.42 Å². The summed E-state index contributed by atoms with van der Waals surface area (Å²) < 4.78 is 62.7. The number of hydrogen-bond donors (Lipinski definition) is 0. The van der Waals surface area contributed by atoms with E-state index in [1.54, 1.807) is 30.3 Å². The molecule has 0 N–H and O–H groups in total. The van der Waals surface area contributed by atoms with E-state index in [9.17, 15) is 21.6 Å². The van der Waals surface area contributed by atoms with Crippen molar-refractivity contribution in [2.75, 3.05) is 0 Å². The average Bonchev–Trinajstić information content (AvgIpc) is 2.45.